The van der Waals surface area contributed by atoms with Gasteiger partial charge in [-0.2, -0.15) is 13.2 Å². The number of fused-ring (bicyclic) bond motifs is 1. The predicted molar refractivity (Wildman–Crippen MR) is 148 cm³/mol. The molecule has 0 aromatic heterocycles. The topological polar surface area (TPSA) is 100 Å². The summed E-state index contributed by atoms with van der Waals surface area (Å²) in [6.45, 7) is 0.995. The molecule has 1 saturated heterocycles. The Balaban J connectivity index is 0.000000559. The summed E-state index contributed by atoms with van der Waals surface area (Å²) in [5.74, 6) is -1.80. The highest BCUT2D eigenvalue weighted by molar-refractivity contribution is 9.11. The number of likely N-dealkylation sites (tertiary alicyclic amines) is 1. The fourth-order valence-corrected chi connectivity index (χ4v) is 6.66. The van der Waals surface area contributed by atoms with Gasteiger partial charge < -0.3 is 30.1 Å². The van der Waals surface area contributed by atoms with Crippen molar-refractivity contribution in [3.8, 4) is 11.5 Å². The van der Waals surface area contributed by atoms with Crippen molar-refractivity contribution in [3.63, 3.8) is 0 Å². The van der Waals surface area contributed by atoms with Crippen LogP contribution in [0.1, 0.15) is 31.2 Å². The Morgan fingerprint density at radius 1 is 1.10 bits per heavy atom. The molecule has 1 aliphatic carbocycles. The Bertz CT molecular complexity index is 1230. The first-order chi connectivity index (χ1) is 18.7. The summed E-state index contributed by atoms with van der Waals surface area (Å²) in [6, 6.07) is 9.12. The van der Waals surface area contributed by atoms with E-state index in [1.807, 2.05) is 6.07 Å². The van der Waals surface area contributed by atoms with Crippen molar-refractivity contribution >= 4 is 49.5 Å². The molecule has 2 aliphatic rings. The van der Waals surface area contributed by atoms with Crippen LogP contribution in [0.25, 0.3) is 0 Å². The molecule has 3 N–H and O–H groups in total. The lowest BCUT2D eigenvalue weighted by molar-refractivity contribution is -0.192. The first-order valence-electron chi connectivity index (χ1n) is 12.2. The van der Waals surface area contributed by atoms with E-state index in [0.717, 1.165) is 43.7 Å². The van der Waals surface area contributed by atoms with Crippen LogP contribution in [0.3, 0.4) is 0 Å². The van der Waals surface area contributed by atoms with Crippen LogP contribution >= 0.6 is 31.9 Å². The summed E-state index contributed by atoms with van der Waals surface area (Å²) in [5.41, 5.74) is 1.38. The van der Waals surface area contributed by atoms with Crippen LogP contribution in [0.4, 0.5) is 28.0 Å². The number of hydrogen-bond donors (Lipinski definition) is 3. The molecular weight excluding hydrogens is 670 g/mol. The largest absolute Gasteiger partial charge is 0.493 e. The third-order valence-corrected chi connectivity index (χ3v) is 8.39. The summed E-state index contributed by atoms with van der Waals surface area (Å²) in [5, 5.41) is 12.8. The molecule has 8 nitrogen and oxygen atoms in total. The number of carbonyl (C=O) groups is 2. The van der Waals surface area contributed by atoms with Crippen molar-refractivity contribution < 1.29 is 41.7 Å². The molecule has 1 saturated carbocycles. The maximum Gasteiger partial charge on any atom is 0.490 e. The second-order valence-electron chi connectivity index (χ2n) is 9.59. The lowest BCUT2D eigenvalue weighted by Gasteiger charge is -2.45. The number of ether oxygens (including phenoxy) is 2. The summed E-state index contributed by atoms with van der Waals surface area (Å²) in [7, 11) is 5.44. The van der Waals surface area contributed by atoms with Crippen LogP contribution in [-0.2, 0) is 10.2 Å². The van der Waals surface area contributed by atoms with Crippen molar-refractivity contribution in [2.24, 2.45) is 0 Å². The number of benzene rings is 2. The quantitative estimate of drug-likeness (QED) is 0.317. The number of aliphatic carboxylic acids is 1. The van der Waals surface area contributed by atoms with Gasteiger partial charge in [-0.25, -0.2) is 14.0 Å². The highest BCUT2D eigenvalue weighted by Gasteiger charge is 2.50. The maximum atomic E-state index is 14.3. The number of carboxylic acid groups (broad SMARTS) is 1. The van der Waals surface area contributed by atoms with Gasteiger partial charge in [0.1, 0.15) is 5.82 Å². The van der Waals surface area contributed by atoms with Gasteiger partial charge in [0.2, 0.25) is 0 Å². The van der Waals surface area contributed by atoms with Gasteiger partial charge >= 0.3 is 18.2 Å². The van der Waals surface area contributed by atoms with Crippen LogP contribution in [0.2, 0.25) is 0 Å². The average Bonchev–Trinajstić information content (AvgIpc) is 3.22. The Hall–Kier alpha value is -2.58. The first-order valence-corrected chi connectivity index (χ1v) is 13.8. The number of rotatable bonds is 5. The van der Waals surface area contributed by atoms with E-state index in [4.69, 9.17) is 19.4 Å². The molecule has 0 bridgehead atoms. The van der Waals surface area contributed by atoms with Gasteiger partial charge in [0.25, 0.3) is 0 Å². The van der Waals surface area contributed by atoms with E-state index in [1.165, 1.54) is 11.6 Å². The highest BCUT2D eigenvalue weighted by atomic mass is 79.9. The molecule has 2 aromatic rings. The second-order valence-corrected chi connectivity index (χ2v) is 11.4. The monoisotopic (exact) mass is 697 g/mol. The molecule has 4 rings (SSSR count). The van der Waals surface area contributed by atoms with Crippen molar-refractivity contribution in [2.75, 3.05) is 33.1 Å². The zero-order valence-corrected chi connectivity index (χ0v) is 25.0. The highest BCUT2D eigenvalue weighted by Crippen LogP contribution is 2.50. The van der Waals surface area contributed by atoms with Gasteiger partial charge in [0.15, 0.2) is 11.5 Å². The van der Waals surface area contributed by atoms with E-state index in [-0.39, 0.29) is 23.2 Å². The molecule has 220 valence electrons. The van der Waals surface area contributed by atoms with E-state index < -0.39 is 24.0 Å². The second kappa shape index (κ2) is 12.9. The van der Waals surface area contributed by atoms with Crippen molar-refractivity contribution in [3.05, 3.63) is 50.7 Å². The van der Waals surface area contributed by atoms with Crippen LogP contribution < -0.4 is 20.1 Å². The minimum atomic E-state index is -5.08. The molecule has 3 atom stereocenters. The van der Waals surface area contributed by atoms with E-state index >= 15 is 0 Å². The van der Waals surface area contributed by atoms with Crippen LogP contribution in [-0.4, -0.2) is 68.1 Å². The van der Waals surface area contributed by atoms with Crippen molar-refractivity contribution in [1.82, 2.24) is 10.2 Å². The van der Waals surface area contributed by atoms with Gasteiger partial charge in [0.05, 0.1) is 19.9 Å². The number of anilines is 1. The Morgan fingerprint density at radius 2 is 1.75 bits per heavy atom. The minimum absolute atomic E-state index is 0.00102. The fourth-order valence-electron chi connectivity index (χ4n) is 5.39. The number of alkyl halides is 3. The number of hydrogen-bond acceptors (Lipinski definition) is 5. The van der Waals surface area contributed by atoms with Crippen LogP contribution in [0.15, 0.2) is 39.3 Å². The van der Waals surface area contributed by atoms with Gasteiger partial charge in [-0.15, -0.1) is 0 Å². The zero-order chi connectivity index (χ0) is 29.8. The SMILES string of the molecule is COc1ccc(C23CCC(NC(=O)Nc4c(F)cc(Br)cc4Br)CC2N(C)CC3)cc1OC.O=C(O)C(F)(F)F. The van der Waals surface area contributed by atoms with E-state index in [0.29, 0.717) is 8.95 Å². The lowest BCUT2D eigenvalue weighted by atomic mass is 9.65. The average molecular weight is 699 g/mol. The molecular formula is C26H29Br2F4N3O5. The minimum Gasteiger partial charge on any atom is -0.493 e. The third-order valence-electron chi connectivity index (χ3n) is 7.31. The lowest BCUT2D eigenvalue weighted by Crippen LogP contribution is -2.52. The number of likely N-dealkylation sites (N-methyl/N-ethyl adjacent to an activating group) is 1. The number of nitrogens with zero attached hydrogens (tertiary/aromatic N) is 1. The van der Waals surface area contributed by atoms with E-state index in [2.05, 4.69) is 66.6 Å². The molecule has 0 spiro atoms. The number of urea groups is 1. The van der Waals surface area contributed by atoms with E-state index in [1.54, 1.807) is 20.3 Å². The summed E-state index contributed by atoms with van der Waals surface area (Å²) < 4.78 is 58.1. The Kier molecular flexibility index (Phi) is 10.3. The van der Waals surface area contributed by atoms with Crippen molar-refractivity contribution in [2.45, 2.75) is 49.4 Å². The predicted octanol–water partition coefficient (Wildman–Crippen LogP) is 6.32. The number of halogens is 6. The molecule has 3 unspecified atom stereocenters. The maximum absolute atomic E-state index is 14.3. The summed E-state index contributed by atoms with van der Waals surface area (Å²) in [4.78, 5) is 24.0. The number of carboxylic acids is 1. The van der Waals surface area contributed by atoms with Crippen molar-refractivity contribution in [1.29, 1.82) is 0 Å². The molecule has 2 fully saturated rings. The number of amides is 2. The fraction of sp³-hybridized carbons (Fsp3) is 0.462. The van der Waals surface area contributed by atoms with Crippen LogP contribution in [0, 0.1) is 5.82 Å². The van der Waals surface area contributed by atoms with Gasteiger partial charge in [-0.05, 0) is 85.0 Å². The number of methoxy groups -OCH3 is 2. The summed E-state index contributed by atoms with van der Waals surface area (Å²) in [6.07, 6.45) is -1.42. The molecule has 0 radical (unpaired) electrons. The van der Waals surface area contributed by atoms with Gasteiger partial charge in [0, 0.05) is 26.4 Å². The molecule has 40 heavy (non-hydrogen) atoms. The Morgan fingerprint density at radius 3 is 2.33 bits per heavy atom. The van der Waals surface area contributed by atoms with Crippen LogP contribution in [0.5, 0.6) is 11.5 Å². The summed E-state index contributed by atoms with van der Waals surface area (Å²) >= 11 is 6.56. The molecule has 2 aromatic carbocycles. The van der Waals surface area contributed by atoms with E-state index in [9.17, 15) is 22.4 Å². The van der Waals surface area contributed by atoms with Gasteiger partial charge in [-0.1, -0.05) is 22.0 Å². The molecule has 2 amide bonds. The number of carbonyl (C=O) groups excluding carboxylic acids is 1. The Labute approximate surface area is 245 Å². The molecule has 14 heteroatoms. The third kappa shape index (κ3) is 7.19. The molecule has 1 aliphatic heterocycles. The smallest absolute Gasteiger partial charge is 0.490 e. The normalized spacial score (nSPS) is 22.4. The number of nitrogens with one attached hydrogen (secondary N) is 2. The van der Waals surface area contributed by atoms with Gasteiger partial charge in [-0.3, -0.25) is 0 Å². The first kappa shape index (κ1) is 31.9. The standard InChI is InChI=1S/C24H28Br2FN3O3.C2HF3O2/c1-30-9-8-24(14-4-5-19(32-2)20(10-14)33-3)7-6-16(13-21(24)30)28-23(31)29-22-17(26)11-15(25)12-18(22)27;3-2(4,5)1(6)7/h4-5,10-12,16,21H,6-9,13H2,1-3H3,(H2,28,29,31);(H,6,7). The molecule has 1 heterocycles. The zero-order valence-electron chi connectivity index (χ0n) is 21.9.